The summed E-state index contributed by atoms with van der Waals surface area (Å²) in [5.41, 5.74) is 3.18. The minimum atomic E-state index is -0.208. The minimum absolute atomic E-state index is 0.0326. The Kier molecular flexibility index (Phi) is 3.07. The van der Waals surface area contributed by atoms with Crippen LogP contribution in [0.2, 0.25) is 0 Å². The lowest BCUT2D eigenvalue weighted by Crippen LogP contribution is -2.22. The molecule has 2 aromatic heterocycles. The van der Waals surface area contributed by atoms with Crippen LogP contribution in [0.4, 0.5) is 11.5 Å². The number of carbonyl (C=O) groups excluding carboxylic acids is 1. The molecular weight excluding hydrogens is 292 g/mol. The lowest BCUT2D eigenvalue weighted by atomic mass is 10.1. The van der Waals surface area contributed by atoms with Crippen LogP contribution in [0, 0.1) is 6.92 Å². The molecule has 0 radical (unpaired) electrons. The van der Waals surface area contributed by atoms with Crippen molar-refractivity contribution in [3.63, 3.8) is 0 Å². The van der Waals surface area contributed by atoms with Gasteiger partial charge in [-0.15, -0.1) is 0 Å². The molecule has 1 aliphatic rings. The highest BCUT2D eigenvalue weighted by atomic mass is 16.2. The number of anilines is 2. The van der Waals surface area contributed by atoms with Gasteiger partial charge >= 0.3 is 0 Å². The predicted molar refractivity (Wildman–Crippen MR) is 87.6 cm³/mol. The van der Waals surface area contributed by atoms with Crippen LogP contribution in [-0.4, -0.2) is 32.0 Å². The van der Waals surface area contributed by atoms with E-state index in [1.165, 1.54) is 0 Å². The summed E-state index contributed by atoms with van der Waals surface area (Å²) in [5.74, 6) is 0.759. The lowest BCUT2D eigenvalue weighted by Gasteiger charge is -2.10. The first-order valence-corrected chi connectivity index (χ1v) is 7.64. The Labute approximate surface area is 133 Å². The van der Waals surface area contributed by atoms with Gasteiger partial charge < -0.3 is 10.6 Å². The molecule has 0 saturated carbocycles. The molecule has 1 saturated heterocycles. The third-order valence-electron chi connectivity index (χ3n) is 4.34. The van der Waals surface area contributed by atoms with Crippen LogP contribution >= 0.6 is 0 Å². The fourth-order valence-electron chi connectivity index (χ4n) is 3.04. The van der Waals surface area contributed by atoms with Gasteiger partial charge in [0.1, 0.15) is 6.04 Å². The molecule has 1 atom stereocenters. The maximum Gasteiger partial charge on any atom is 0.244 e. The molecule has 23 heavy (non-hydrogen) atoms. The number of carbonyl (C=O) groups is 1. The van der Waals surface area contributed by atoms with Gasteiger partial charge in [-0.3, -0.25) is 14.2 Å². The van der Waals surface area contributed by atoms with Gasteiger partial charge in [0.15, 0.2) is 5.82 Å². The highest BCUT2D eigenvalue weighted by Crippen LogP contribution is 2.29. The number of fused-ring (bicyclic) bond motifs is 1. The molecule has 7 heteroatoms. The average molecular weight is 310 g/mol. The Balaban J connectivity index is 1.67. The van der Waals surface area contributed by atoms with Crippen LogP contribution in [0.15, 0.2) is 30.6 Å². The summed E-state index contributed by atoms with van der Waals surface area (Å²) >= 11 is 0. The first-order valence-electron chi connectivity index (χ1n) is 7.64. The monoisotopic (exact) mass is 310 g/mol. The predicted octanol–water partition coefficient (Wildman–Crippen LogP) is 1.88. The molecule has 118 valence electrons. The Hall–Kier alpha value is -2.83. The van der Waals surface area contributed by atoms with E-state index in [0.717, 1.165) is 34.4 Å². The van der Waals surface area contributed by atoms with E-state index in [1.54, 1.807) is 4.68 Å². The van der Waals surface area contributed by atoms with Gasteiger partial charge in [0.25, 0.3) is 0 Å². The summed E-state index contributed by atoms with van der Waals surface area (Å²) in [7, 11) is 1.93. The Morgan fingerprint density at radius 3 is 3.00 bits per heavy atom. The standard InChI is InChI=1S/C16H18N6O/c1-10-3-4-12-11(9-18-21(12)2)15(10)19-14-6-8-22(20-14)13-5-7-17-16(13)23/h3-4,6,8-9,13H,5,7H2,1-2H3,(H,17,23)(H,19,20)/t13-/m0/s1. The summed E-state index contributed by atoms with van der Waals surface area (Å²) in [6, 6.07) is 5.80. The number of aryl methyl sites for hydroxylation is 2. The molecule has 0 bridgehead atoms. The van der Waals surface area contributed by atoms with E-state index in [0.29, 0.717) is 6.54 Å². The van der Waals surface area contributed by atoms with Gasteiger partial charge in [0.05, 0.1) is 17.4 Å². The van der Waals surface area contributed by atoms with Crippen LogP contribution in [-0.2, 0) is 11.8 Å². The SMILES string of the molecule is Cc1ccc2c(cnn2C)c1Nc1ccn([C@H]2CCNC2=O)n1. The second kappa shape index (κ2) is 5.12. The van der Waals surface area contributed by atoms with Gasteiger partial charge in [0.2, 0.25) is 5.91 Å². The molecule has 7 nitrogen and oxygen atoms in total. The molecular formula is C16H18N6O. The maximum absolute atomic E-state index is 11.8. The van der Waals surface area contributed by atoms with Crippen LogP contribution < -0.4 is 10.6 Å². The molecule has 0 aliphatic carbocycles. The molecule has 0 spiro atoms. The van der Waals surface area contributed by atoms with Gasteiger partial charge in [-0.1, -0.05) is 6.07 Å². The molecule has 1 fully saturated rings. The Morgan fingerprint density at radius 2 is 2.22 bits per heavy atom. The summed E-state index contributed by atoms with van der Waals surface area (Å²) in [6.45, 7) is 2.76. The Bertz CT molecular complexity index is 893. The zero-order valence-electron chi connectivity index (χ0n) is 13.1. The summed E-state index contributed by atoms with van der Waals surface area (Å²) < 4.78 is 3.57. The molecule has 1 aromatic carbocycles. The molecule has 3 aromatic rings. The third-order valence-corrected chi connectivity index (χ3v) is 4.34. The smallest absolute Gasteiger partial charge is 0.244 e. The fourth-order valence-corrected chi connectivity index (χ4v) is 3.04. The van der Waals surface area contributed by atoms with E-state index in [1.807, 2.05) is 30.2 Å². The number of benzene rings is 1. The molecule has 3 heterocycles. The van der Waals surface area contributed by atoms with Gasteiger partial charge in [-0.2, -0.15) is 10.2 Å². The number of hydrogen-bond acceptors (Lipinski definition) is 4. The van der Waals surface area contributed by atoms with Crippen LogP contribution in [0.3, 0.4) is 0 Å². The molecule has 1 amide bonds. The largest absolute Gasteiger partial charge is 0.354 e. The molecule has 2 N–H and O–H groups in total. The van der Waals surface area contributed by atoms with Gasteiger partial charge in [-0.05, 0) is 25.0 Å². The first kappa shape index (κ1) is 13.8. The van der Waals surface area contributed by atoms with Crippen molar-refractivity contribution in [3.05, 3.63) is 36.2 Å². The van der Waals surface area contributed by atoms with E-state index in [4.69, 9.17) is 0 Å². The minimum Gasteiger partial charge on any atom is -0.354 e. The van der Waals surface area contributed by atoms with Gasteiger partial charge in [0, 0.05) is 31.2 Å². The fraction of sp³-hybridized carbons (Fsp3) is 0.312. The van der Waals surface area contributed by atoms with Crippen molar-refractivity contribution < 1.29 is 4.79 Å². The highest BCUT2D eigenvalue weighted by molar-refractivity contribution is 5.94. The first-order chi connectivity index (χ1) is 11.1. The summed E-state index contributed by atoms with van der Waals surface area (Å²) in [6.07, 6.45) is 4.47. The van der Waals surface area contributed by atoms with Crippen LogP contribution in [0.1, 0.15) is 18.0 Å². The normalized spacial score (nSPS) is 17.7. The maximum atomic E-state index is 11.8. The number of nitrogens with one attached hydrogen (secondary N) is 2. The second-order valence-electron chi connectivity index (χ2n) is 5.86. The number of rotatable bonds is 3. The van der Waals surface area contributed by atoms with E-state index in [9.17, 15) is 4.79 Å². The summed E-state index contributed by atoms with van der Waals surface area (Å²) in [5, 5.41) is 16.1. The molecule has 4 rings (SSSR count). The van der Waals surface area contributed by atoms with Crippen molar-refractivity contribution >= 4 is 28.3 Å². The van der Waals surface area contributed by atoms with E-state index < -0.39 is 0 Å². The van der Waals surface area contributed by atoms with E-state index in [2.05, 4.69) is 39.9 Å². The van der Waals surface area contributed by atoms with Crippen molar-refractivity contribution in [3.8, 4) is 0 Å². The number of nitrogens with zero attached hydrogens (tertiary/aromatic N) is 4. The van der Waals surface area contributed by atoms with Crippen LogP contribution in [0.5, 0.6) is 0 Å². The zero-order valence-corrected chi connectivity index (χ0v) is 13.1. The Morgan fingerprint density at radius 1 is 1.35 bits per heavy atom. The average Bonchev–Trinajstić information content (AvgIpc) is 3.23. The van der Waals surface area contributed by atoms with Crippen molar-refractivity contribution in [2.24, 2.45) is 7.05 Å². The second-order valence-corrected chi connectivity index (χ2v) is 5.86. The van der Waals surface area contributed by atoms with Crippen molar-refractivity contribution in [1.29, 1.82) is 0 Å². The molecule has 1 aliphatic heterocycles. The zero-order chi connectivity index (χ0) is 16.0. The topological polar surface area (TPSA) is 76.8 Å². The highest BCUT2D eigenvalue weighted by Gasteiger charge is 2.26. The lowest BCUT2D eigenvalue weighted by molar-refractivity contribution is -0.122. The van der Waals surface area contributed by atoms with Crippen molar-refractivity contribution in [2.75, 3.05) is 11.9 Å². The number of amides is 1. The number of aromatic nitrogens is 4. The quantitative estimate of drug-likeness (QED) is 0.774. The van der Waals surface area contributed by atoms with Gasteiger partial charge in [-0.25, -0.2) is 0 Å². The van der Waals surface area contributed by atoms with Crippen molar-refractivity contribution in [1.82, 2.24) is 24.9 Å². The van der Waals surface area contributed by atoms with Crippen LogP contribution in [0.25, 0.3) is 10.9 Å². The number of hydrogen-bond donors (Lipinski definition) is 2. The van der Waals surface area contributed by atoms with E-state index >= 15 is 0 Å². The molecule has 0 unspecified atom stereocenters. The summed E-state index contributed by atoms with van der Waals surface area (Å²) in [4.78, 5) is 11.8. The van der Waals surface area contributed by atoms with E-state index in [-0.39, 0.29) is 11.9 Å². The van der Waals surface area contributed by atoms with Crippen molar-refractivity contribution in [2.45, 2.75) is 19.4 Å². The third kappa shape index (κ3) is 2.25.